The summed E-state index contributed by atoms with van der Waals surface area (Å²) in [5.41, 5.74) is 0. The van der Waals surface area contributed by atoms with Crippen LogP contribution < -0.4 is 0 Å². The first kappa shape index (κ1) is 19.7. The number of allylic oxidation sites excluding steroid dienone is 2. The summed E-state index contributed by atoms with van der Waals surface area (Å²) in [7, 11) is 0. The van der Waals surface area contributed by atoms with Crippen LogP contribution in [0.5, 0.6) is 0 Å². The third kappa shape index (κ3) is 14.2. The Hall–Kier alpha value is -0.260. The van der Waals surface area contributed by atoms with Gasteiger partial charge in [-0.15, -0.1) is 0 Å². The standard InChI is InChI=1S/C20H38/c1-5-7-8-9-10-11-12-16-20(4)18-14-13-17-19(3)15-6-2/h5,7,19-20H,1-2,6,8-18H2,3-4H3/b7-5+. The molecule has 0 saturated carbocycles. The van der Waals surface area contributed by atoms with Crippen LogP contribution in [0.3, 0.4) is 0 Å². The number of rotatable bonds is 14. The Morgan fingerprint density at radius 1 is 0.750 bits per heavy atom. The molecule has 0 aliphatic rings. The molecule has 0 nitrogen and oxygen atoms in total. The molecule has 0 aliphatic carbocycles. The molecule has 0 rings (SSSR count). The van der Waals surface area contributed by atoms with E-state index in [4.69, 9.17) is 0 Å². The molecule has 0 bridgehead atoms. The maximum atomic E-state index is 3.94. The summed E-state index contributed by atoms with van der Waals surface area (Å²) in [6.45, 7) is 12.5. The largest absolute Gasteiger partial charge is 0.0885 e. The third-order valence-corrected chi connectivity index (χ3v) is 4.33. The van der Waals surface area contributed by atoms with Crippen molar-refractivity contribution in [1.29, 1.82) is 0 Å². The van der Waals surface area contributed by atoms with Gasteiger partial charge in [-0.25, -0.2) is 0 Å². The molecule has 2 radical (unpaired) electrons. The summed E-state index contributed by atoms with van der Waals surface area (Å²) in [4.78, 5) is 0. The van der Waals surface area contributed by atoms with Crippen molar-refractivity contribution in [3.63, 3.8) is 0 Å². The van der Waals surface area contributed by atoms with E-state index in [-0.39, 0.29) is 0 Å². The highest BCUT2D eigenvalue weighted by Gasteiger charge is 2.04. The van der Waals surface area contributed by atoms with Gasteiger partial charge in [0, 0.05) is 0 Å². The van der Waals surface area contributed by atoms with Crippen molar-refractivity contribution < 1.29 is 0 Å². The SMILES string of the molecule is [CH2]/C=C/CCCCCCC(C)CCCCC(C)CC[CH2]. The molecule has 0 aliphatic heterocycles. The molecular weight excluding hydrogens is 240 g/mol. The normalized spacial score (nSPS) is 14.8. The fourth-order valence-corrected chi connectivity index (χ4v) is 2.85. The quantitative estimate of drug-likeness (QED) is 0.296. The van der Waals surface area contributed by atoms with E-state index >= 15 is 0 Å². The summed E-state index contributed by atoms with van der Waals surface area (Å²) in [6.07, 6.45) is 20.4. The van der Waals surface area contributed by atoms with Crippen LogP contribution in [0.4, 0.5) is 0 Å². The lowest BCUT2D eigenvalue weighted by molar-refractivity contribution is 0.410. The first-order valence-corrected chi connectivity index (χ1v) is 8.94. The van der Waals surface area contributed by atoms with Gasteiger partial charge in [-0.3, -0.25) is 0 Å². The average molecular weight is 279 g/mol. The highest BCUT2D eigenvalue weighted by molar-refractivity contribution is 4.83. The van der Waals surface area contributed by atoms with Crippen LogP contribution in [0.15, 0.2) is 12.2 Å². The van der Waals surface area contributed by atoms with Gasteiger partial charge in [0.2, 0.25) is 0 Å². The highest BCUT2D eigenvalue weighted by Crippen LogP contribution is 2.20. The second-order valence-corrected chi connectivity index (χ2v) is 6.60. The Labute approximate surface area is 129 Å². The molecule has 0 amide bonds. The third-order valence-electron chi connectivity index (χ3n) is 4.33. The predicted octanol–water partition coefficient (Wildman–Crippen LogP) is 7.16. The van der Waals surface area contributed by atoms with Crippen molar-refractivity contribution in [2.75, 3.05) is 0 Å². The van der Waals surface area contributed by atoms with Crippen LogP contribution in [0.2, 0.25) is 0 Å². The minimum atomic E-state index is 0.884. The van der Waals surface area contributed by atoms with Gasteiger partial charge >= 0.3 is 0 Å². The van der Waals surface area contributed by atoms with Gasteiger partial charge in [0.15, 0.2) is 0 Å². The number of unbranched alkanes of at least 4 members (excludes halogenated alkanes) is 5. The molecule has 0 N–H and O–H groups in total. The van der Waals surface area contributed by atoms with Crippen molar-refractivity contribution in [1.82, 2.24) is 0 Å². The minimum absolute atomic E-state index is 0.884. The first-order valence-electron chi connectivity index (χ1n) is 8.94. The monoisotopic (exact) mass is 278 g/mol. The van der Waals surface area contributed by atoms with Crippen molar-refractivity contribution in [3.8, 4) is 0 Å². The fourth-order valence-electron chi connectivity index (χ4n) is 2.85. The van der Waals surface area contributed by atoms with Gasteiger partial charge in [0.05, 0.1) is 0 Å². The van der Waals surface area contributed by atoms with Crippen LogP contribution in [-0.2, 0) is 0 Å². The second-order valence-electron chi connectivity index (χ2n) is 6.60. The van der Waals surface area contributed by atoms with Gasteiger partial charge in [-0.2, -0.15) is 0 Å². The van der Waals surface area contributed by atoms with E-state index in [0.717, 1.165) is 18.3 Å². The summed E-state index contributed by atoms with van der Waals surface area (Å²) < 4.78 is 0. The van der Waals surface area contributed by atoms with Crippen molar-refractivity contribution in [2.45, 2.75) is 90.9 Å². The van der Waals surface area contributed by atoms with Gasteiger partial charge in [0.1, 0.15) is 0 Å². The molecule has 118 valence electrons. The summed E-state index contributed by atoms with van der Waals surface area (Å²) in [6, 6.07) is 0. The van der Waals surface area contributed by atoms with Gasteiger partial charge in [-0.1, -0.05) is 97.1 Å². The lowest BCUT2D eigenvalue weighted by Crippen LogP contribution is -1.97. The lowest BCUT2D eigenvalue weighted by atomic mass is 9.94. The minimum Gasteiger partial charge on any atom is -0.0885 e. The predicted molar refractivity (Wildman–Crippen MR) is 93.6 cm³/mol. The summed E-state index contributed by atoms with van der Waals surface area (Å²) >= 11 is 0. The number of hydrogen-bond donors (Lipinski definition) is 0. The zero-order valence-corrected chi connectivity index (χ0v) is 14.2. The zero-order chi connectivity index (χ0) is 15.1. The first-order chi connectivity index (χ1) is 9.70. The molecule has 2 atom stereocenters. The molecule has 0 fully saturated rings. The summed E-state index contributed by atoms with van der Waals surface area (Å²) in [5, 5.41) is 0. The Morgan fingerprint density at radius 3 is 1.80 bits per heavy atom. The van der Waals surface area contributed by atoms with Gasteiger partial charge < -0.3 is 0 Å². The molecule has 0 heterocycles. The average Bonchev–Trinajstić information content (AvgIpc) is 2.43. The molecule has 0 saturated heterocycles. The van der Waals surface area contributed by atoms with Crippen LogP contribution in [0.1, 0.15) is 90.9 Å². The van der Waals surface area contributed by atoms with Crippen molar-refractivity contribution >= 4 is 0 Å². The molecular formula is C20H38. The molecule has 0 aromatic carbocycles. The van der Waals surface area contributed by atoms with Crippen LogP contribution >= 0.6 is 0 Å². The highest BCUT2D eigenvalue weighted by atomic mass is 14.1. The smallest absolute Gasteiger partial charge is 0.0316 e. The Kier molecular flexibility index (Phi) is 14.9. The van der Waals surface area contributed by atoms with Gasteiger partial charge in [-0.05, 0) is 31.6 Å². The van der Waals surface area contributed by atoms with E-state index in [1.165, 1.54) is 70.6 Å². The molecule has 0 aromatic rings. The molecule has 0 aromatic heterocycles. The maximum absolute atomic E-state index is 3.94. The molecule has 20 heavy (non-hydrogen) atoms. The van der Waals surface area contributed by atoms with Crippen LogP contribution in [0.25, 0.3) is 0 Å². The molecule has 2 unspecified atom stereocenters. The number of hydrogen-bond acceptors (Lipinski definition) is 0. The van der Waals surface area contributed by atoms with Crippen LogP contribution in [-0.4, -0.2) is 0 Å². The van der Waals surface area contributed by atoms with E-state index in [9.17, 15) is 0 Å². The maximum Gasteiger partial charge on any atom is -0.0316 e. The second kappa shape index (κ2) is 15.1. The van der Waals surface area contributed by atoms with Gasteiger partial charge in [0.25, 0.3) is 0 Å². The van der Waals surface area contributed by atoms with E-state index in [1.807, 2.05) is 6.08 Å². The van der Waals surface area contributed by atoms with Crippen LogP contribution in [0, 0.1) is 25.7 Å². The fraction of sp³-hybridized carbons (Fsp3) is 0.800. The van der Waals surface area contributed by atoms with E-state index < -0.39 is 0 Å². The van der Waals surface area contributed by atoms with Crippen molar-refractivity contribution in [2.24, 2.45) is 11.8 Å². The summed E-state index contributed by atoms with van der Waals surface area (Å²) in [5.74, 6) is 1.81. The van der Waals surface area contributed by atoms with E-state index in [2.05, 4.69) is 33.8 Å². The topological polar surface area (TPSA) is 0 Å². The van der Waals surface area contributed by atoms with E-state index in [0.29, 0.717) is 0 Å². The Balaban J connectivity index is 3.26. The lowest BCUT2D eigenvalue weighted by Gasteiger charge is -2.13. The Bertz CT molecular complexity index is 204. The zero-order valence-electron chi connectivity index (χ0n) is 14.2. The van der Waals surface area contributed by atoms with Crippen molar-refractivity contribution in [3.05, 3.63) is 26.0 Å². The van der Waals surface area contributed by atoms with E-state index in [1.54, 1.807) is 0 Å². The molecule has 0 heteroatoms. The Morgan fingerprint density at radius 2 is 1.25 bits per heavy atom. The molecule has 0 spiro atoms.